The summed E-state index contributed by atoms with van der Waals surface area (Å²) in [6.07, 6.45) is 1.66. The number of benzene rings is 2. The van der Waals surface area contributed by atoms with Crippen LogP contribution in [-0.4, -0.2) is 32.1 Å². The lowest BCUT2D eigenvalue weighted by molar-refractivity contribution is -0.117. The molecule has 1 heterocycles. The Morgan fingerprint density at radius 1 is 1.03 bits per heavy atom. The Morgan fingerprint density at radius 3 is 2.55 bits per heavy atom. The number of thiophene rings is 1. The summed E-state index contributed by atoms with van der Waals surface area (Å²) in [6.45, 7) is 2.43. The highest BCUT2D eigenvalue weighted by atomic mass is 32.1. The molecule has 0 saturated heterocycles. The first-order chi connectivity index (χ1) is 15.1. The van der Waals surface area contributed by atoms with Crippen molar-refractivity contribution in [3.8, 4) is 11.5 Å². The second-order valence-electron chi connectivity index (χ2n) is 6.65. The standard InChI is InChI=1S/C24H24N2O4S/c1-17-7-5-8-18(15-17)23(27)26-20(16-19-9-6-14-31-19)24(28)25-12-13-30-22-11-4-3-10-21(22)29-2/h3-11,14-16H,12-13H2,1-2H3,(H,25,28)(H,26,27)/b20-16-. The van der Waals surface area contributed by atoms with Crippen LogP contribution in [0.5, 0.6) is 11.5 Å². The number of hydrogen-bond donors (Lipinski definition) is 2. The molecule has 6 nitrogen and oxygen atoms in total. The summed E-state index contributed by atoms with van der Waals surface area (Å²) in [6, 6.07) is 18.3. The third kappa shape index (κ3) is 6.45. The van der Waals surface area contributed by atoms with Gasteiger partial charge in [0.25, 0.3) is 11.8 Å². The maximum absolute atomic E-state index is 12.8. The van der Waals surface area contributed by atoms with Gasteiger partial charge in [0.15, 0.2) is 11.5 Å². The van der Waals surface area contributed by atoms with Crippen LogP contribution in [0.25, 0.3) is 6.08 Å². The lowest BCUT2D eigenvalue weighted by atomic mass is 10.1. The van der Waals surface area contributed by atoms with Crippen molar-refractivity contribution in [3.05, 3.63) is 87.7 Å². The highest BCUT2D eigenvalue weighted by Gasteiger charge is 2.15. The van der Waals surface area contributed by atoms with Gasteiger partial charge in [-0.3, -0.25) is 9.59 Å². The van der Waals surface area contributed by atoms with Gasteiger partial charge >= 0.3 is 0 Å². The molecular weight excluding hydrogens is 412 g/mol. The van der Waals surface area contributed by atoms with Gasteiger partial charge in [0.05, 0.1) is 13.7 Å². The van der Waals surface area contributed by atoms with Crippen molar-refractivity contribution >= 4 is 29.2 Å². The molecule has 160 valence electrons. The number of hydrogen-bond acceptors (Lipinski definition) is 5. The van der Waals surface area contributed by atoms with Crippen molar-refractivity contribution in [2.75, 3.05) is 20.3 Å². The molecule has 0 atom stereocenters. The molecule has 0 saturated carbocycles. The average molecular weight is 437 g/mol. The monoisotopic (exact) mass is 436 g/mol. The van der Waals surface area contributed by atoms with Crippen LogP contribution < -0.4 is 20.1 Å². The number of amides is 2. The van der Waals surface area contributed by atoms with E-state index in [-0.39, 0.29) is 24.8 Å². The molecule has 31 heavy (non-hydrogen) atoms. The van der Waals surface area contributed by atoms with Gasteiger partial charge in [0, 0.05) is 10.4 Å². The van der Waals surface area contributed by atoms with Crippen LogP contribution in [-0.2, 0) is 4.79 Å². The van der Waals surface area contributed by atoms with Gasteiger partial charge < -0.3 is 20.1 Å². The summed E-state index contributed by atoms with van der Waals surface area (Å²) in [7, 11) is 1.57. The highest BCUT2D eigenvalue weighted by Crippen LogP contribution is 2.25. The Labute approximate surface area is 185 Å². The SMILES string of the molecule is COc1ccccc1OCCNC(=O)/C(=C/c1cccs1)NC(=O)c1cccc(C)c1. The van der Waals surface area contributed by atoms with E-state index in [0.29, 0.717) is 17.1 Å². The van der Waals surface area contributed by atoms with E-state index in [1.165, 1.54) is 11.3 Å². The summed E-state index contributed by atoms with van der Waals surface area (Å²) in [5.74, 6) is 0.490. The molecule has 0 aliphatic carbocycles. The Balaban J connectivity index is 1.63. The fourth-order valence-electron chi connectivity index (χ4n) is 2.81. The van der Waals surface area contributed by atoms with Crippen molar-refractivity contribution in [1.82, 2.24) is 10.6 Å². The first kappa shape index (κ1) is 22.1. The summed E-state index contributed by atoms with van der Waals surface area (Å²) < 4.78 is 10.9. The predicted octanol–water partition coefficient (Wildman–Crippen LogP) is 4.03. The smallest absolute Gasteiger partial charge is 0.267 e. The van der Waals surface area contributed by atoms with E-state index in [2.05, 4.69) is 10.6 Å². The van der Waals surface area contributed by atoms with Crippen molar-refractivity contribution in [2.24, 2.45) is 0 Å². The van der Waals surface area contributed by atoms with Crippen LogP contribution >= 0.6 is 11.3 Å². The van der Waals surface area contributed by atoms with Crippen LogP contribution in [0.15, 0.2) is 71.7 Å². The second-order valence-corrected chi connectivity index (χ2v) is 7.63. The zero-order valence-corrected chi connectivity index (χ0v) is 18.2. The summed E-state index contributed by atoms with van der Waals surface area (Å²) >= 11 is 1.48. The van der Waals surface area contributed by atoms with E-state index in [9.17, 15) is 9.59 Å². The maximum atomic E-state index is 12.8. The molecule has 7 heteroatoms. The van der Waals surface area contributed by atoms with Gasteiger partial charge in [-0.1, -0.05) is 35.9 Å². The van der Waals surface area contributed by atoms with Crippen molar-refractivity contribution in [2.45, 2.75) is 6.92 Å². The molecule has 0 unspecified atom stereocenters. The number of rotatable bonds is 9. The third-order valence-corrected chi connectivity index (χ3v) is 5.14. The Morgan fingerprint density at radius 2 is 1.84 bits per heavy atom. The third-order valence-electron chi connectivity index (χ3n) is 4.32. The van der Waals surface area contributed by atoms with E-state index < -0.39 is 5.91 Å². The number of para-hydroxylation sites is 2. The molecule has 0 radical (unpaired) electrons. The van der Waals surface area contributed by atoms with Crippen molar-refractivity contribution < 1.29 is 19.1 Å². The molecule has 0 spiro atoms. The van der Waals surface area contributed by atoms with Crippen LogP contribution in [0.4, 0.5) is 0 Å². The van der Waals surface area contributed by atoms with Crippen molar-refractivity contribution in [3.63, 3.8) is 0 Å². The first-order valence-electron chi connectivity index (χ1n) is 9.74. The van der Waals surface area contributed by atoms with Crippen LogP contribution in [0.1, 0.15) is 20.8 Å². The molecule has 3 rings (SSSR count). The molecular formula is C24H24N2O4S. The number of nitrogens with one attached hydrogen (secondary N) is 2. The lowest BCUT2D eigenvalue weighted by Crippen LogP contribution is -2.36. The largest absolute Gasteiger partial charge is 0.493 e. The van der Waals surface area contributed by atoms with Gasteiger partial charge in [-0.05, 0) is 48.7 Å². The fourth-order valence-corrected chi connectivity index (χ4v) is 3.47. The molecule has 1 aromatic heterocycles. The van der Waals surface area contributed by atoms with Gasteiger partial charge in [0.1, 0.15) is 12.3 Å². The minimum Gasteiger partial charge on any atom is -0.493 e. The summed E-state index contributed by atoms with van der Waals surface area (Å²) in [5.41, 5.74) is 1.63. The van der Waals surface area contributed by atoms with Crippen LogP contribution in [0.2, 0.25) is 0 Å². The lowest BCUT2D eigenvalue weighted by Gasteiger charge is -2.13. The quantitative estimate of drug-likeness (QED) is 0.392. The molecule has 3 aromatic rings. The van der Waals surface area contributed by atoms with Gasteiger partial charge in [-0.2, -0.15) is 0 Å². The number of methoxy groups -OCH3 is 1. The van der Waals surface area contributed by atoms with Gasteiger partial charge in [-0.15, -0.1) is 11.3 Å². The average Bonchev–Trinajstić information content (AvgIpc) is 3.29. The van der Waals surface area contributed by atoms with E-state index >= 15 is 0 Å². The van der Waals surface area contributed by atoms with Crippen molar-refractivity contribution in [1.29, 1.82) is 0 Å². The first-order valence-corrected chi connectivity index (χ1v) is 10.6. The van der Waals surface area contributed by atoms with E-state index in [1.54, 1.807) is 37.5 Å². The maximum Gasteiger partial charge on any atom is 0.267 e. The Kier molecular flexibility index (Phi) is 7.84. The number of ether oxygens (including phenoxy) is 2. The fraction of sp³-hybridized carbons (Fsp3) is 0.167. The van der Waals surface area contributed by atoms with Crippen LogP contribution in [0, 0.1) is 6.92 Å². The van der Waals surface area contributed by atoms with Gasteiger partial charge in [0.2, 0.25) is 0 Å². The number of carbonyl (C=O) groups is 2. The van der Waals surface area contributed by atoms with E-state index in [1.807, 2.05) is 48.7 Å². The normalized spacial score (nSPS) is 11.0. The highest BCUT2D eigenvalue weighted by molar-refractivity contribution is 7.10. The molecule has 2 amide bonds. The Hall–Kier alpha value is -3.58. The van der Waals surface area contributed by atoms with Gasteiger partial charge in [-0.25, -0.2) is 0 Å². The molecule has 0 bridgehead atoms. The minimum atomic E-state index is -0.391. The van der Waals surface area contributed by atoms with E-state index in [0.717, 1.165) is 10.4 Å². The zero-order valence-electron chi connectivity index (χ0n) is 17.4. The molecule has 2 aromatic carbocycles. The Bertz CT molecular complexity index is 1060. The molecule has 0 aliphatic rings. The topological polar surface area (TPSA) is 76.7 Å². The molecule has 2 N–H and O–H groups in total. The number of carbonyl (C=O) groups excluding carboxylic acids is 2. The minimum absolute atomic E-state index is 0.172. The second kappa shape index (κ2) is 11.0. The summed E-state index contributed by atoms with van der Waals surface area (Å²) in [4.78, 5) is 26.3. The zero-order chi connectivity index (χ0) is 22.1. The van der Waals surface area contributed by atoms with Crippen LogP contribution in [0.3, 0.4) is 0 Å². The molecule has 0 aliphatic heterocycles. The summed E-state index contributed by atoms with van der Waals surface area (Å²) in [5, 5.41) is 7.43. The number of aryl methyl sites for hydroxylation is 1. The van der Waals surface area contributed by atoms with E-state index in [4.69, 9.17) is 9.47 Å². The molecule has 0 fully saturated rings. The predicted molar refractivity (Wildman–Crippen MR) is 122 cm³/mol.